The van der Waals surface area contributed by atoms with E-state index in [-0.39, 0.29) is 11.4 Å². The summed E-state index contributed by atoms with van der Waals surface area (Å²) in [7, 11) is 0. The lowest BCUT2D eigenvalue weighted by atomic mass is 10.1. The first-order valence-corrected chi connectivity index (χ1v) is 5.83. The Morgan fingerprint density at radius 2 is 1.90 bits per heavy atom. The summed E-state index contributed by atoms with van der Waals surface area (Å²) in [6.07, 6.45) is -3.34. The van der Waals surface area contributed by atoms with E-state index < -0.39 is 23.5 Å². The molecule has 2 aromatic rings. The summed E-state index contributed by atoms with van der Waals surface area (Å²) in [6.45, 7) is 1.51. The molecule has 0 bridgehead atoms. The fraction of sp³-hybridized carbons (Fsp3) is 0.143. The number of pyridine rings is 1. The average molecular weight is 297 g/mol. The second-order valence-electron chi connectivity index (χ2n) is 4.21. The van der Waals surface area contributed by atoms with Crippen LogP contribution in [0.25, 0.3) is 0 Å². The Morgan fingerprint density at radius 1 is 1.24 bits per heavy atom. The van der Waals surface area contributed by atoms with Crippen LogP contribution in [0, 0.1) is 6.92 Å². The van der Waals surface area contributed by atoms with Crippen LogP contribution in [-0.2, 0) is 6.18 Å². The van der Waals surface area contributed by atoms with E-state index in [4.69, 9.17) is 9.84 Å². The summed E-state index contributed by atoms with van der Waals surface area (Å²) in [4.78, 5) is 14.9. The maximum atomic E-state index is 12.9. The quantitative estimate of drug-likeness (QED) is 0.933. The number of rotatable bonds is 3. The second-order valence-corrected chi connectivity index (χ2v) is 4.21. The highest BCUT2D eigenvalue weighted by molar-refractivity contribution is 5.91. The topological polar surface area (TPSA) is 59.4 Å². The van der Waals surface area contributed by atoms with Gasteiger partial charge in [0.05, 0.1) is 5.56 Å². The maximum Gasteiger partial charge on any atom is 0.419 e. The Morgan fingerprint density at radius 3 is 2.52 bits per heavy atom. The van der Waals surface area contributed by atoms with Crippen LogP contribution in [0.1, 0.15) is 21.5 Å². The minimum absolute atomic E-state index is 0.269. The standard InChI is InChI=1S/C14H10F3NO3/c1-8-6-7-18-12(11(8)13(19)20)21-10-5-3-2-4-9(10)14(15,16)17/h2-7H,1H3,(H,19,20). The number of alkyl halides is 3. The minimum atomic E-state index is -4.61. The molecule has 0 unspecified atom stereocenters. The molecular weight excluding hydrogens is 287 g/mol. The van der Waals surface area contributed by atoms with Gasteiger partial charge in [-0.1, -0.05) is 12.1 Å². The van der Waals surface area contributed by atoms with Crippen LogP contribution < -0.4 is 4.74 Å². The van der Waals surface area contributed by atoms with Gasteiger partial charge in [0, 0.05) is 6.20 Å². The van der Waals surface area contributed by atoms with Crippen LogP contribution >= 0.6 is 0 Å². The smallest absolute Gasteiger partial charge is 0.419 e. The lowest BCUT2D eigenvalue weighted by molar-refractivity contribution is -0.138. The summed E-state index contributed by atoms with van der Waals surface area (Å²) < 4.78 is 43.7. The number of benzene rings is 1. The highest BCUT2D eigenvalue weighted by Gasteiger charge is 2.34. The summed E-state index contributed by atoms with van der Waals surface area (Å²) in [5, 5.41) is 9.11. The molecule has 1 aromatic carbocycles. The van der Waals surface area contributed by atoms with Crippen molar-refractivity contribution in [2.24, 2.45) is 0 Å². The van der Waals surface area contributed by atoms with Gasteiger partial charge in [-0.2, -0.15) is 13.2 Å². The second kappa shape index (κ2) is 5.43. The number of ether oxygens (including phenoxy) is 1. The van der Waals surface area contributed by atoms with Gasteiger partial charge in [-0.05, 0) is 30.7 Å². The Kier molecular flexibility index (Phi) is 3.84. The molecule has 4 nitrogen and oxygen atoms in total. The van der Waals surface area contributed by atoms with Crippen molar-refractivity contribution in [3.63, 3.8) is 0 Å². The number of hydrogen-bond acceptors (Lipinski definition) is 3. The van der Waals surface area contributed by atoms with E-state index in [1.807, 2.05) is 0 Å². The van der Waals surface area contributed by atoms with Crippen molar-refractivity contribution < 1.29 is 27.8 Å². The third-order valence-electron chi connectivity index (χ3n) is 2.74. The van der Waals surface area contributed by atoms with E-state index in [0.717, 1.165) is 12.1 Å². The first-order chi connectivity index (χ1) is 9.80. The summed E-state index contributed by atoms with van der Waals surface area (Å²) in [5.41, 5.74) is -0.920. The third-order valence-corrected chi connectivity index (χ3v) is 2.74. The fourth-order valence-electron chi connectivity index (χ4n) is 1.76. The molecule has 0 atom stereocenters. The normalized spacial score (nSPS) is 11.2. The Bertz CT molecular complexity index is 683. The van der Waals surface area contributed by atoms with Gasteiger partial charge >= 0.3 is 12.1 Å². The Balaban J connectivity index is 2.50. The van der Waals surface area contributed by atoms with Crippen molar-refractivity contribution in [2.45, 2.75) is 13.1 Å². The lowest BCUT2D eigenvalue weighted by Gasteiger charge is -2.14. The number of carbonyl (C=O) groups is 1. The summed E-state index contributed by atoms with van der Waals surface area (Å²) in [6, 6.07) is 5.98. The molecule has 0 saturated heterocycles. The molecule has 0 aliphatic rings. The Labute approximate surface area is 117 Å². The van der Waals surface area contributed by atoms with E-state index in [9.17, 15) is 18.0 Å². The number of para-hydroxylation sites is 1. The van der Waals surface area contributed by atoms with Gasteiger partial charge in [0.15, 0.2) is 0 Å². The van der Waals surface area contributed by atoms with Gasteiger partial charge in [-0.15, -0.1) is 0 Å². The number of hydrogen-bond donors (Lipinski definition) is 1. The predicted molar refractivity (Wildman–Crippen MR) is 67.5 cm³/mol. The van der Waals surface area contributed by atoms with Crippen molar-refractivity contribution in [2.75, 3.05) is 0 Å². The molecule has 0 amide bonds. The van der Waals surface area contributed by atoms with E-state index in [1.165, 1.54) is 31.3 Å². The number of carboxylic acids is 1. The van der Waals surface area contributed by atoms with Crippen molar-refractivity contribution in [1.82, 2.24) is 4.98 Å². The molecule has 0 radical (unpaired) electrons. The zero-order valence-electron chi connectivity index (χ0n) is 10.8. The molecule has 0 aliphatic heterocycles. The number of halogens is 3. The zero-order valence-corrected chi connectivity index (χ0v) is 10.8. The molecule has 21 heavy (non-hydrogen) atoms. The van der Waals surface area contributed by atoms with Crippen molar-refractivity contribution in [3.05, 3.63) is 53.2 Å². The average Bonchev–Trinajstić information content (AvgIpc) is 2.37. The minimum Gasteiger partial charge on any atom is -0.477 e. The van der Waals surface area contributed by atoms with Crippen molar-refractivity contribution in [3.8, 4) is 11.6 Å². The third kappa shape index (κ3) is 3.13. The molecule has 1 aromatic heterocycles. The predicted octanol–water partition coefficient (Wildman–Crippen LogP) is 3.90. The van der Waals surface area contributed by atoms with E-state index >= 15 is 0 Å². The Hall–Kier alpha value is -2.57. The first kappa shape index (κ1) is 14.8. The highest BCUT2D eigenvalue weighted by atomic mass is 19.4. The van der Waals surface area contributed by atoms with E-state index in [0.29, 0.717) is 5.56 Å². The molecule has 2 rings (SSSR count). The van der Waals surface area contributed by atoms with Crippen LogP contribution in [0.4, 0.5) is 13.2 Å². The molecule has 7 heteroatoms. The maximum absolute atomic E-state index is 12.9. The van der Waals surface area contributed by atoms with Gasteiger partial charge in [0.1, 0.15) is 11.3 Å². The van der Waals surface area contributed by atoms with Crippen molar-refractivity contribution in [1.29, 1.82) is 0 Å². The van der Waals surface area contributed by atoms with Crippen LogP contribution in [0.3, 0.4) is 0 Å². The highest BCUT2D eigenvalue weighted by Crippen LogP contribution is 2.38. The zero-order chi connectivity index (χ0) is 15.6. The molecule has 0 aliphatic carbocycles. The first-order valence-electron chi connectivity index (χ1n) is 5.83. The molecule has 0 saturated carbocycles. The number of aryl methyl sites for hydroxylation is 1. The van der Waals surface area contributed by atoms with E-state index in [2.05, 4.69) is 4.98 Å². The van der Waals surface area contributed by atoms with Crippen LogP contribution in [0.15, 0.2) is 36.5 Å². The van der Waals surface area contributed by atoms with Gasteiger partial charge in [0.25, 0.3) is 0 Å². The summed E-state index contributed by atoms with van der Waals surface area (Å²) >= 11 is 0. The van der Waals surface area contributed by atoms with Crippen LogP contribution in [-0.4, -0.2) is 16.1 Å². The molecule has 0 spiro atoms. The van der Waals surface area contributed by atoms with Crippen LogP contribution in [0.2, 0.25) is 0 Å². The molecule has 1 heterocycles. The van der Waals surface area contributed by atoms with Gasteiger partial charge in [0.2, 0.25) is 5.88 Å². The fourth-order valence-corrected chi connectivity index (χ4v) is 1.76. The largest absolute Gasteiger partial charge is 0.477 e. The number of carboxylic acid groups (broad SMARTS) is 1. The van der Waals surface area contributed by atoms with E-state index in [1.54, 1.807) is 0 Å². The summed E-state index contributed by atoms with van der Waals surface area (Å²) in [5.74, 6) is -2.19. The van der Waals surface area contributed by atoms with Crippen molar-refractivity contribution >= 4 is 5.97 Å². The molecule has 0 fully saturated rings. The monoisotopic (exact) mass is 297 g/mol. The molecule has 110 valence electrons. The molecule has 1 N–H and O–H groups in total. The number of aromatic carboxylic acids is 1. The molecular formula is C14H10F3NO3. The number of aromatic nitrogens is 1. The van der Waals surface area contributed by atoms with Gasteiger partial charge in [-0.25, -0.2) is 9.78 Å². The SMILES string of the molecule is Cc1ccnc(Oc2ccccc2C(F)(F)F)c1C(=O)O. The van der Waals surface area contributed by atoms with Crippen LogP contribution in [0.5, 0.6) is 11.6 Å². The number of nitrogens with zero attached hydrogens (tertiary/aromatic N) is 1. The van der Waals surface area contributed by atoms with Gasteiger partial charge in [-0.3, -0.25) is 0 Å². The lowest BCUT2D eigenvalue weighted by Crippen LogP contribution is -2.09. The van der Waals surface area contributed by atoms with Gasteiger partial charge < -0.3 is 9.84 Å².